The van der Waals surface area contributed by atoms with E-state index in [2.05, 4.69) is 31.9 Å². The maximum Gasteiger partial charge on any atom is 0.293 e. The molecule has 0 aromatic heterocycles. The molecule has 1 saturated heterocycles. The molecule has 0 atom stereocenters. The van der Waals surface area contributed by atoms with E-state index >= 15 is 0 Å². The highest BCUT2D eigenvalue weighted by Crippen LogP contribution is 2.39. The summed E-state index contributed by atoms with van der Waals surface area (Å²) >= 11 is 7.78. The normalized spacial score (nSPS) is 15.4. The molecule has 2 amide bonds. The molecule has 0 spiro atoms. The van der Waals surface area contributed by atoms with Gasteiger partial charge in [0.2, 0.25) is 0 Å². The van der Waals surface area contributed by atoms with Crippen LogP contribution in [0.25, 0.3) is 6.08 Å². The Balaban J connectivity index is 1.85. The van der Waals surface area contributed by atoms with Crippen LogP contribution in [0.3, 0.4) is 0 Å². The number of methoxy groups -OCH3 is 1. The third-order valence-electron chi connectivity index (χ3n) is 3.97. The van der Waals surface area contributed by atoms with Gasteiger partial charge in [-0.05, 0) is 76.1 Å². The third kappa shape index (κ3) is 4.61. The topological polar surface area (TPSA) is 55.8 Å². The molecule has 1 fully saturated rings. The predicted molar refractivity (Wildman–Crippen MR) is 118 cm³/mol. The van der Waals surface area contributed by atoms with Crippen LogP contribution >= 0.6 is 43.6 Å². The van der Waals surface area contributed by atoms with E-state index in [-0.39, 0.29) is 17.7 Å². The van der Waals surface area contributed by atoms with Crippen LogP contribution in [0.5, 0.6) is 11.5 Å². The van der Waals surface area contributed by atoms with Crippen LogP contribution in [0.4, 0.5) is 4.79 Å². The van der Waals surface area contributed by atoms with Crippen molar-refractivity contribution in [2.75, 3.05) is 13.7 Å². The van der Waals surface area contributed by atoms with E-state index in [1.54, 1.807) is 19.3 Å². The second-order valence-corrected chi connectivity index (χ2v) is 8.62. The molecule has 0 unspecified atom stereocenters. The molecule has 0 N–H and O–H groups in total. The molecular formula is C20H17Br2NO4S. The van der Waals surface area contributed by atoms with Crippen molar-refractivity contribution in [2.24, 2.45) is 0 Å². The number of halogens is 2. The van der Waals surface area contributed by atoms with Gasteiger partial charge in [-0.15, -0.1) is 0 Å². The summed E-state index contributed by atoms with van der Waals surface area (Å²) in [5.41, 5.74) is 1.62. The Morgan fingerprint density at radius 1 is 1.14 bits per heavy atom. The first-order valence-electron chi connectivity index (χ1n) is 8.43. The van der Waals surface area contributed by atoms with E-state index in [4.69, 9.17) is 9.47 Å². The number of benzene rings is 2. The van der Waals surface area contributed by atoms with E-state index in [9.17, 15) is 9.59 Å². The summed E-state index contributed by atoms with van der Waals surface area (Å²) in [4.78, 5) is 26.7. The van der Waals surface area contributed by atoms with Crippen molar-refractivity contribution in [3.8, 4) is 11.5 Å². The van der Waals surface area contributed by atoms with Gasteiger partial charge in [0.25, 0.3) is 11.1 Å². The summed E-state index contributed by atoms with van der Waals surface area (Å²) in [6.45, 7) is 2.63. The monoisotopic (exact) mass is 525 g/mol. The number of hydrogen-bond acceptors (Lipinski definition) is 5. The highest BCUT2D eigenvalue weighted by Gasteiger charge is 2.35. The minimum Gasteiger partial charge on any atom is -0.493 e. The number of carbonyl (C=O) groups excluding carboxylic acids is 2. The molecule has 1 aliphatic heterocycles. The van der Waals surface area contributed by atoms with E-state index in [1.165, 1.54) is 4.90 Å². The summed E-state index contributed by atoms with van der Waals surface area (Å²) in [5.74, 6) is 0.851. The van der Waals surface area contributed by atoms with Crippen LogP contribution in [0.1, 0.15) is 18.1 Å². The lowest BCUT2D eigenvalue weighted by atomic mass is 10.1. The van der Waals surface area contributed by atoms with Crippen LogP contribution in [-0.4, -0.2) is 29.8 Å². The summed E-state index contributed by atoms with van der Waals surface area (Å²) < 4.78 is 12.6. The Kier molecular flexibility index (Phi) is 6.85. The van der Waals surface area contributed by atoms with Gasteiger partial charge in [-0.1, -0.05) is 28.1 Å². The standard InChI is InChI=1S/C20H17Br2NO4S/c1-3-27-18-15(22)8-13(9-16(18)26-2)10-17-19(24)23(20(25)28-17)11-12-4-6-14(21)7-5-12/h4-10H,3,11H2,1-2H3/b17-10-. The molecule has 0 aliphatic carbocycles. The first kappa shape index (κ1) is 21.0. The highest BCUT2D eigenvalue weighted by molar-refractivity contribution is 9.10. The van der Waals surface area contributed by atoms with Crippen molar-refractivity contribution in [1.82, 2.24) is 4.90 Å². The molecule has 2 aromatic carbocycles. The van der Waals surface area contributed by atoms with Crippen molar-refractivity contribution in [3.63, 3.8) is 0 Å². The van der Waals surface area contributed by atoms with Crippen LogP contribution in [0.15, 0.2) is 50.2 Å². The quantitative estimate of drug-likeness (QED) is 0.441. The van der Waals surface area contributed by atoms with Crippen molar-refractivity contribution >= 4 is 60.8 Å². The fraction of sp³-hybridized carbons (Fsp3) is 0.200. The third-order valence-corrected chi connectivity index (χ3v) is 5.99. The predicted octanol–water partition coefficient (Wildman–Crippen LogP) is 5.86. The van der Waals surface area contributed by atoms with Crippen molar-refractivity contribution in [2.45, 2.75) is 13.5 Å². The van der Waals surface area contributed by atoms with E-state index in [0.717, 1.165) is 27.4 Å². The molecule has 1 heterocycles. The van der Waals surface area contributed by atoms with Crippen molar-refractivity contribution in [3.05, 3.63) is 61.4 Å². The molecule has 0 radical (unpaired) electrons. The van der Waals surface area contributed by atoms with Crippen LogP contribution in [0, 0.1) is 0 Å². The Hall–Kier alpha value is -1.77. The molecular weight excluding hydrogens is 510 g/mol. The number of thioether (sulfide) groups is 1. The lowest BCUT2D eigenvalue weighted by molar-refractivity contribution is -0.123. The van der Waals surface area contributed by atoms with Gasteiger partial charge in [-0.25, -0.2) is 0 Å². The van der Waals surface area contributed by atoms with Gasteiger partial charge in [0.15, 0.2) is 11.5 Å². The number of ether oxygens (including phenoxy) is 2. The fourth-order valence-electron chi connectivity index (χ4n) is 2.67. The van der Waals surface area contributed by atoms with E-state index in [1.807, 2.05) is 37.3 Å². The fourth-order valence-corrected chi connectivity index (χ4v) is 4.34. The molecule has 5 nitrogen and oxygen atoms in total. The molecule has 0 saturated carbocycles. The lowest BCUT2D eigenvalue weighted by Gasteiger charge is -2.13. The van der Waals surface area contributed by atoms with Gasteiger partial charge in [0, 0.05) is 4.47 Å². The second kappa shape index (κ2) is 9.15. The summed E-state index contributed by atoms with van der Waals surface area (Å²) in [6, 6.07) is 11.1. The molecule has 3 rings (SSSR count). The van der Waals surface area contributed by atoms with Crippen molar-refractivity contribution < 1.29 is 19.1 Å². The zero-order valence-electron chi connectivity index (χ0n) is 15.2. The number of amides is 2. The maximum absolute atomic E-state index is 12.7. The summed E-state index contributed by atoms with van der Waals surface area (Å²) in [6.07, 6.45) is 1.69. The first-order valence-corrected chi connectivity index (χ1v) is 10.8. The minimum atomic E-state index is -0.304. The first-order chi connectivity index (χ1) is 13.4. The minimum absolute atomic E-state index is 0.242. The van der Waals surface area contributed by atoms with Crippen LogP contribution < -0.4 is 9.47 Å². The van der Waals surface area contributed by atoms with Crippen LogP contribution in [0.2, 0.25) is 0 Å². The highest BCUT2D eigenvalue weighted by atomic mass is 79.9. The summed E-state index contributed by atoms with van der Waals surface area (Å²) in [5, 5.41) is -0.281. The average Bonchev–Trinajstić information content (AvgIpc) is 2.92. The number of hydrogen-bond donors (Lipinski definition) is 0. The molecule has 28 heavy (non-hydrogen) atoms. The number of carbonyl (C=O) groups is 2. The molecule has 8 heteroatoms. The number of nitrogens with zero attached hydrogens (tertiary/aromatic N) is 1. The summed E-state index contributed by atoms with van der Waals surface area (Å²) in [7, 11) is 1.56. The van der Waals surface area contributed by atoms with E-state index in [0.29, 0.717) is 27.5 Å². The van der Waals surface area contributed by atoms with Gasteiger partial charge in [-0.3, -0.25) is 14.5 Å². The van der Waals surface area contributed by atoms with Gasteiger partial charge in [0.05, 0.1) is 29.6 Å². The smallest absolute Gasteiger partial charge is 0.293 e. The zero-order chi connectivity index (χ0) is 20.3. The van der Waals surface area contributed by atoms with E-state index < -0.39 is 0 Å². The average molecular weight is 527 g/mol. The Bertz CT molecular complexity index is 944. The maximum atomic E-state index is 12.7. The largest absolute Gasteiger partial charge is 0.493 e. The Labute approximate surface area is 184 Å². The molecule has 1 aliphatic rings. The van der Waals surface area contributed by atoms with Gasteiger partial charge in [0.1, 0.15) is 0 Å². The molecule has 0 bridgehead atoms. The van der Waals surface area contributed by atoms with Gasteiger partial charge >= 0.3 is 0 Å². The van der Waals surface area contributed by atoms with Crippen molar-refractivity contribution in [1.29, 1.82) is 0 Å². The zero-order valence-corrected chi connectivity index (χ0v) is 19.2. The number of imide groups is 1. The molecule has 146 valence electrons. The van der Waals surface area contributed by atoms with Gasteiger partial charge in [-0.2, -0.15) is 0 Å². The molecule has 2 aromatic rings. The Morgan fingerprint density at radius 2 is 1.86 bits per heavy atom. The Morgan fingerprint density at radius 3 is 2.50 bits per heavy atom. The SMILES string of the molecule is CCOc1c(Br)cc(/C=C2\SC(=O)N(Cc3ccc(Br)cc3)C2=O)cc1OC. The van der Waals surface area contributed by atoms with Crippen LogP contribution in [-0.2, 0) is 11.3 Å². The van der Waals surface area contributed by atoms with Gasteiger partial charge < -0.3 is 9.47 Å². The second-order valence-electron chi connectivity index (χ2n) is 5.86. The number of rotatable bonds is 6. The lowest BCUT2D eigenvalue weighted by Crippen LogP contribution is -2.27.